The van der Waals surface area contributed by atoms with Crippen LogP contribution in [0.25, 0.3) is 17.0 Å². The zero-order valence-corrected chi connectivity index (χ0v) is 14.8. The number of hydrogen-bond acceptors (Lipinski definition) is 4. The van der Waals surface area contributed by atoms with Gasteiger partial charge in [-0.2, -0.15) is 0 Å². The Hall–Kier alpha value is -3.67. The molecule has 4 rings (SSSR count). The Morgan fingerprint density at radius 3 is 2.59 bits per heavy atom. The number of imidazole rings is 1. The van der Waals surface area contributed by atoms with E-state index in [1.807, 2.05) is 84.4 Å². The normalized spacial score (nSPS) is 10.7. The molecule has 1 amide bonds. The quantitative estimate of drug-likeness (QED) is 0.590. The topological polar surface area (TPSA) is 68.5 Å². The van der Waals surface area contributed by atoms with Gasteiger partial charge in [0, 0.05) is 29.3 Å². The van der Waals surface area contributed by atoms with E-state index in [1.165, 1.54) is 0 Å². The number of nitrogens with zero attached hydrogens (tertiary/aromatic N) is 3. The van der Waals surface area contributed by atoms with Crippen LogP contribution in [0.4, 0.5) is 5.69 Å². The van der Waals surface area contributed by atoms with Gasteiger partial charge in [0.05, 0.1) is 5.69 Å². The van der Waals surface area contributed by atoms with Crippen molar-refractivity contribution in [2.45, 2.75) is 6.92 Å². The van der Waals surface area contributed by atoms with E-state index >= 15 is 0 Å². The van der Waals surface area contributed by atoms with Gasteiger partial charge in [0.15, 0.2) is 6.61 Å². The molecule has 6 heteroatoms. The van der Waals surface area contributed by atoms with Gasteiger partial charge in [-0.15, -0.1) is 0 Å². The van der Waals surface area contributed by atoms with Crippen molar-refractivity contribution in [2.75, 3.05) is 11.9 Å². The molecule has 0 radical (unpaired) electrons. The molecule has 27 heavy (non-hydrogen) atoms. The van der Waals surface area contributed by atoms with Gasteiger partial charge in [-0.1, -0.05) is 30.3 Å². The molecular formula is C21H18N4O2. The first kappa shape index (κ1) is 16.8. The number of amides is 1. The van der Waals surface area contributed by atoms with E-state index in [0.717, 1.165) is 17.0 Å². The van der Waals surface area contributed by atoms with Crippen molar-refractivity contribution in [3.8, 4) is 17.0 Å². The molecule has 6 nitrogen and oxygen atoms in total. The van der Waals surface area contributed by atoms with Crippen molar-refractivity contribution in [2.24, 2.45) is 0 Å². The van der Waals surface area contributed by atoms with E-state index in [1.54, 1.807) is 0 Å². The molecule has 4 aromatic rings. The van der Waals surface area contributed by atoms with Crippen LogP contribution in [0.3, 0.4) is 0 Å². The number of anilines is 1. The molecule has 0 atom stereocenters. The van der Waals surface area contributed by atoms with Gasteiger partial charge in [-0.05, 0) is 37.3 Å². The molecule has 134 valence electrons. The summed E-state index contributed by atoms with van der Waals surface area (Å²) in [6, 6.07) is 18.7. The second-order valence-corrected chi connectivity index (χ2v) is 6.13. The highest BCUT2D eigenvalue weighted by molar-refractivity contribution is 5.92. The second-order valence-electron chi connectivity index (χ2n) is 6.13. The summed E-state index contributed by atoms with van der Waals surface area (Å²) in [5, 5.41) is 2.82. The third kappa shape index (κ3) is 3.95. The minimum Gasteiger partial charge on any atom is -0.484 e. The highest BCUT2D eigenvalue weighted by Gasteiger charge is 2.07. The van der Waals surface area contributed by atoms with Crippen LogP contribution in [0.1, 0.15) is 5.69 Å². The van der Waals surface area contributed by atoms with Crippen LogP contribution in [0.2, 0.25) is 0 Å². The minimum absolute atomic E-state index is 0.0385. The summed E-state index contributed by atoms with van der Waals surface area (Å²) in [7, 11) is 0. The van der Waals surface area contributed by atoms with E-state index in [4.69, 9.17) is 4.74 Å². The van der Waals surface area contributed by atoms with Crippen molar-refractivity contribution in [3.05, 3.63) is 78.8 Å². The lowest BCUT2D eigenvalue weighted by Crippen LogP contribution is -2.20. The van der Waals surface area contributed by atoms with Gasteiger partial charge in [0.25, 0.3) is 5.91 Å². The molecule has 0 aliphatic carbocycles. The molecule has 0 aliphatic rings. The maximum absolute atomic E-state index is 12.0. The monoisotopic (exact) mass is 358 g/mol. The number of carbonyl (C=O) groups is 1. The van der Waals surface area contributed by atoms with Gasteiger partial charge >= 0.3 is 0 Å². The fourth-order valence-corrected chi connectivity index (χ4v) is 2.69. The molecule has 0 unspecified atom stereocenters. The van der Waals surface area contributed by atoms with Crippen molar-refractivity contribution in [1.82, 2.24) is 14.4 Å². The fraction of sp³-hybridized carbons (Fsp3) is 0.0952. The molecule has 0 saturated carbocycles. The predicted molar refractivity (Wildman–Crippen MR) is 104 cm³/mol. The molecule has 1 N–H and O–H groups in total. The zero-order chi connectivity index (χ0) is 18.6. The van der Waals surface area contributed by atoms with Gasteiger partial charge < -0.3 is 10.1 Å². The Morgan fingerprint density at radius 1 is 1.04 bits per heavy atom. The first-order chi connectivity index (χ1) is 13.2. The molecule has 0 bridgehead atoms. The van der Waals surface area contributed by atoms with Crippen LogP contribution < -0.4 is 10.1 Å². The molecule has 0 fully saturated rings. The van der Waals surface area contributed by atoms with E-state index in [-0.39, 0.29) is 12.5 Å². The number of fused-ring (bicyclic) bond motifs is 1. The number of aryl methyl sites for hydroxylation is 1. The Bertz CT molecular complexity index is 1070. The zero-order valence-electron chi connectivity index (χ0n) is 14.8. The first-order valence-corrected chi connectivity index (χ1v) is 8.58. The van der Waals surface area contributed by atoms with Crippen LogP contribution in [0.5, 0.6) is 5.75 Å². The van der Waals surface area contributed by atoms with Crippen LogP contribution in [-0.4, -0.2) is 26.9 Å². The number of benzene rings is 2. The van der Waals surface area contributed by atoms with Crippen LogP contribution in [-0.2, 0) is 4.79 Å². The lowest BCUT2D eigenvalue weighted by Gasteiger charge is -2.07. The Balaban J connectivity index is 1.41. The van der Waals surface area contributed by atoms with Gasteiger partial charge in [0.1, 0.15) is 5.75 Å². The third-order valence-corrected chi connectivity index (χ3v) is 4.04. The van der Waals surface area contributed by atoms with Crippen molar-refractivity contribution in [3.63, 3.8) is 0 Å². The number of hydrogen-bond donors (Lipinski definition) is 1. The smallest absolute Gasteiger partial charge is 0.262 e. The predicted octanol–water partition coefficient (Wildman–Crippen LogP) is 3.72. The summed E-state index contributed by atoms with van der Waals surface area (Å²) in [4.78, 5) is 21.0. The maximum Gasteiger partial charge on any atom is 0.262 e. The van der Waals surface area contributed by atoms with E-state index < -0.39 is 0 Å². The summed E-state index contributed by atoms with van der Waals surface area (Å²) >= 11 is 0. The first-order valence-electron chi connectivity index (χ1n) is 8.58. The molecule has 0 spiro atoms. The van der Waals surface area contributed by atoms with Crippen molar-refractivity contribution < 1.29 is 9.53 Å². The largest absolute Gasteiger partial charge is 0.484 e. The molecule has 0 saturated heterocycles. The van der Waals surface area contributed by atoms with Crippen LogP contribution >= 0.6 is 0 Å². The number of rotatable bonds is 5. The van der Waals surface area contributed by atoms with Gasteiger partial charge in [-0.25, -0.2) is 9.97 Å². The Morgan fingerprint density at radius 2 is 1.81 bits per heavy atom. The second kappa shape index (κ2) is 7.29. The SMILES string of the molecule is Cc1ccn2cc(-c3ccc(NC(=O)COc4ccccc4)cc3)nc2n1. The molecule has 2 aromatic heterocycles. The standard InChI is InChI=1S/C21H18N4O2/c1-15-11-12-25-13-19(24-21(25)22-15)16-7-9-17(10-8-16)23-20(26)14-27-18-5-3-2-4-6-18/h2-13H,14H2,1H3,(H,23,26). The summed E-state index contributed by atoms with van der Waals surface area (Å²) < 4.78 is 7.33. The highest BCUT2D eigenvalue weighted by Crippen LogP contribution is 2.21. The highest BCUT2D eigenvalue weighted by atomic mass is 16.5. The molecule has 2 aromatic carbocycles. The lowest BCUT2D eigenvalue weighted by atomic mass is 10.1. The van der Waals surface area contributed by atoms with Gasteiger partial charge in [-0.3, -0.25) is 9.20 Å². The number of aromatic nitrogens is 3. The number of nitrogens with one attached hydrogen (secondary N) is 1. The van der Waals surface area contributed by atoms with Crippen LogP contribution in [0.15, 0.2) is 73.1 Å². The number of carbonyl (C=O) groups excluding carboxylic acids is 1. The molecule has 0 aliphatic heterocycles. The number of para-hydroxylation sites is 1. The minimum atomic E-state index is -0.209. The van der Waals surface area contributed by atoms with Gasteiger partial charge in [0.2, 0.25) is 5.78 Å². The van der Waals surface area contributed by atoms with Crippen molar-refractivity contribution in [1.29, 1.82) is 0 Å². The Labute approximate surface area is 156 Å². The lowest BCUT2D eigenvalue weighted by molar-refractivity contribution is -0.118. The van der Waals surface area contributed by atoms with Crippen LogP contribution in [0, 0.1) is 6.92 Å². The molecule has 2 heterocycles. The van der Waals surface area contributed by atoms with E-state index in [2.05, 4.69) is 15.3 Å². The summed E-state index contributed by atoms with van der Waals surface area (Å²) in [6.45, 7) is 1.90. The summed E-state index contributed by atoms with van der Waals surface area (Å²) in [5.41, 5.74) is 3.42. The van der Waals surface area contributed by atoms with Crippen molar-refractivity contribution >= 4 is 17.4 Å². The average Bonchev–Trinajstić information content (AvgIpc) is 3.11. The Kier molecular flexibility index (Phi) is 4.53. The number of ether oxygens (including phenoxy) is 1. The average molecular weight is 358 g/mol. The summed E-state index contributed by atoms with van der Waals surface area (Å²) in [6.07, 6.45) is 3.87. The molecular weight excluding hydrogens is 340 g/mol. The fourth-order valence-electron chi connectivity index (χ4n) is 2.69. The van der Waals surface area contributed by atoms with E-state index in [0.29, 0.717) is 17.2 Å². The van der Waals surface area contributed by atoms with E-state index in [9.17, 15) is 4.79 Å². The maximum atomic E-state index is 12.0. The summed E-state index contributed by atoms with van der Waals surface area (Å²) in [5.74, 6) is 1.12. The third-order valence-electron chi connectivity index (χ3n) is 4.04.